The third-order valence-corrected chi connectivity index (χ3v) is 0.558. The lowest BCUT2D eigenvalue weighted by molar-refractivity contribution is 0.807. The fraction of sp³-hybridized carbons (Fsp3) is 1.00. The molecule has 0 aliphatic heterocycles. The van der Waals surface area contributed by atoms with Crippen LogP contribution in [-0.4, -0.2) is 6.54 Å². The van der Waals surface area contributed by atoms with Gasteiger partial charge in [-0.15, -0.1) is 0 Å². The highest BCUT2D eigenvalue weighted by Gasteiger charge is 1.67. The molecule has 32 valence electrons. The Kier molecular flexibility index (Phi) is 3.93. The molecule has 1 nitrogen and oxygen atoms in total. The predicted molar refractivity (Wildman–Crippen MR) is 24.0 cm³/mol. The van der Waals surface area contributed by atoms with Crippen molar-refractivity contribution >= 4 is 0 Å². The van der Waals surface area contributed by atoms with Crippen molar-refractivity contribution in [2.24, 2.45) is 5.73 Å². The van der Waals surface area contributed by atoms with Crippen molar-refractivity contribution in [1.82, 2.24) is 0 Å². The first-order valence-corrected chi connectivity index (χ1v) is 2.12. The van der Waals surface area contributed by atoms with Gasteiger partial charge >= 0.3 is 0 Å². The number of hydrogen-bond acceptors (Lipinski definition) is 1. The van der Waals surface area contributed by atoms with Gasteiger partial charge < -0.3 is 5.73 Å². The van der Waals surface area contributed by atoms with Gasteiger partial charge in [-0.3, -0.25) is 0 Å². The minimum Gasteiger partial charge on any atom is -0.330 e. The number of nitrogens with two attached hydrogens (primary N) is 1. The molecule has 0 radical (unpaired) electrons. The molecule has 1 heteroatoms. The van der Waals surface area contributed by atoms with Gasteiger partial charge in [0.1, 0.15) is 0 Å². The first kappa shape index (κ1) is 4.96. The summed E-state index contributed by atoms with van der Waals surface area (Å²) in [5, 5.41) is 0. The summed E-state index contributed by atoms with van der Waals surface area (Å²) in [6.07, 6.45) is 2.39. The van der Waals surface area contributed by atoms with E-state index in [-0.39, 0.29) is 0 Å². The van der Waals surface area contributed by atoms with Gasteiger partial charge in [-0.1, -0.05) is 13.3 Å². The van der Waals surface area contributed by atoms with Gasteiger partial charge in [0.05, 0.1) is 0 Å². The van der Waals surface area contributed by atoms with Crippen LogP contribution in [0.25, 0.3) is 0 Å². The molecule has 5 heavy (non-hydrogen) atoms. The van der Waals surface area contributed by atoms with Gasteiger partial charge in [-0.2, -0.15) is 0 Å². The van der Waals surface area contributed by atoms with Crippen LogP contribution < -0.4 is 5.73 Å². The first-order valence-electron chi connectivity index (χ1n) is 2.12. The maximum absolute atomic E-state index is 5.14. The van der Waals surface area contributed by atoms with Crippen molar-refractivity contribution in [1.29, 1.82) is 0 Å². The Hall–Kier alpha value is -0.0400. The molecule has 0 saturated carbocycles. The summed E-state index contributed by atoms with van der Waals surface area (Å²) in [4.78, 5) is 0. The monoisotopic (exact) mass is 75.1 g/mol. The molecule has 0 heterocycles. The molecule has 0 aromatic rings. The lowest BCUT2D eigenvalue weighted by Crippen LogP contribution is -1.95. The van der Waals surface area contributed by atoms with Crippen molar-refractivity contribution in [2.75, 3.05) is 6.54 Å². The average molecular weight is 75.1 g/mol. The highest BCUT2D eigenvalue weighted by atomic mass is 15.2. The number of rotatable bonds is 2. The zero-order chi connectivity index (χ0) is 4.12. The highest BCUT2D eigenvalue weighted by Crippen LogP contribution is 1.77. The van der Waals surface area contributed by atoms with Crippen LogP contribution in [0.5, 0.6) is 0 Å². The molecule has 0 saturated heterocycles. The van der Waals surface area contributed by atoms with Crippen LogP contribution >= 0.6 is 0 Å². The second kappa shape index (κ2) is 3.96. The summed E-state index contributed by atoms with van der Waals surface area (Å²) >= 11 is 0. The maximum Gasteiger partial charge on any atom is -0.00774 e. The summed E-state index contributed by atoms with van der Waals surface area (Å²) in [5.74, 6) is 0. The number of hydrogen-bond donors (Lipinski definition) is 1. The van der Waals surface area contributed by atoms with Crippen molar-refractivity contribution in [3.8, 4) is 0 Å². The molecule has 0 aromatic heterocycles. The Balaban J connectivity index is 2.19. The summed E-state index contributed by atoms with van der Waals surface area (Å²) < 4.78 is 0. The molecular formula is C4H11N. The largest absolute Gasteiger partial charge is 0.330 e. The Morgan fingerprint density at radius 1 is 1.80 bits per heavy atom. The Morgan fingerprint density at radius 2 is 2.40 bits per heavy atom. The Morgan fingerprint density at radius 3 is 2.40 bits per heavy atom. The quantitative estimate of drug-likeness (QED) is 0.515. The van der Waals surface area contributed by atoms with Crippen molar-refractivity contribution in [3.05, 3.63) is 0 Å². The minimum atomic E-state index is 0.844. The molecule has 0 rings (SSSR count). The summed E-state index contributed by atoms with van der Waals surface area (Å²) in [5.41, 5.74) is 5.14. The van der Waals surface area contributed by atoms with Crippen molar-refractivity contribution in [3.63, 3.8) is 0 Å². The van der Waals surface area contributed by atoms with E-state index in [9.17, 15) is 0 Å². The van der Waals surface area contributed by atoms with Crippen LogP contribution in [0, 0.1) is 0 Å². The zero-order valence-electron chi connectivity index (χ0n) is 3.70. The van der Waals surface area contributed by atoms with Gasteiger partial charge in [0.15, 0.2) is 0 Å². The van der Waals surface area contributed by atoms with Gasteiger partial charge in [0.25, 0.3) is 0 Å². The SMILES string of the molecule is CCC[14CH2]N. The molecule has 0 fully saturated rings. The molecule has 0 aliphatic rings. The summed E-state index contributed by atoms with van der Waals surface area (Å²) in [6, 6.07) is 0. The van der Waals surface area contributed by atoms with Crippen LogP contribution in [0.3, 0.4) is 0 Å². The van der Waals surface area contributed by atoms with E-state index < -0.39 is 0 Å². The van der Waals surface area contributed by atoms with E-state index in [4.69, 9.17) is 5.73 Å². The van der Waals surface area contributed by atoms with Crippen LogP contribution in [0.15, 0.2) is 0 Å². The Labute approximate surface area is 33.2 Å². The molecule has 0 aromatic carbocycles. The molecule has 0 unspecified atom stereocenters. The van der Waals surface area contributed by atoms with Gasteiger partial charge in [0.2, 0.25) is 0 Å². The van der Waals surface area contributed by atoms with Crippen LogP contribution in [-0.2, 0) is 0 Å². The minimum absolute atomic E-state index is 0.844. The van der Waals surface area contributed by atoms with E-state index in [1.165, 1.54) is 12.8 Å². The molecule has 0 amide bonds. The van der Waals surface area contributed by atoms with E-state index in [1.54, 1.807) is 0 Å². The molecular weight excluding hydrogens is 64.0 g/mol. The normalized spacial score (nSPS) is 8.40. The third kappa shape index (κ3) is 3.96. The van der Waals surface area contributed by atoms with Crippen LogP contribution in [0.1, 0.15) is 19.8 Å². The van der Waals surface area contributed by atoms with Gasteiger partial charge in [0, 0.05) is 0 Å². The predicted octanol–water partition coefficient (Wildman–Crippen LogP) is 0.745. The highest BCUT2D eigenvalue weighted by molar-refractivity contribution is 4.29. The van der Waals surface area contributed by atoms with Gasteiger partial charge in [-0.05, 0) is 13.0 Å². The average Bonchev–Trinajstić information content (AvgIpc) is 1.41. The van der Waals surface area contributed by atoms with E-state index in [0.29, 0.717) is 0 Å². The van der Waals surface area contributed by atoms with E-state index in [2.05, 4.69) is 6.92 Å². The Bertz CT molecular complexity index is 11.1. The van der Waals surface area contributed by atoms with Crippen molar-refractivity contribution < 1.29 is 0 Å². The molecule has 0 bridgehead atoms. The zero-order valence-corrected chi connectivity index (χ0v) is 3.70. The standard InChI is InChI=1S/C4H11N/c1-2-3-4-5/h2-5H2,1H3/i4+2. The molecule has 0 atom stereocenters. The third-order valence-electron chi connectivity index (χ3n) is 0.558. The van der Waals surface area contributed by atoms with E-state index >= 15 is 0 Å². The molecule has 0 aliphatic carbocycles. The van der Waals surface area contributed by atoms with E-state index in [0.717, 1.165) is 6.54 Å². The smallest absolute Gasteiger partial charge is 0.00774 e. The topological polar surface area (TPSA) is 26.0 Å². The first-order chi connectivity index (χ1) is 2.41. The van der Waals surface area contributed by atoms with Crippen molar-refractivity contribution in [2.45, 2.75) is 19.8 Å². The lowest BCUT2D eigenvalue weighted by Gasteiger charge is -1.80. The summed E-state index contributed by atoms with van der Waals surface area (Å²) in [6.45, 7) is 2.98. The van der Waals surface area contributed by atoms with Crippen LogP contribution in [0.4, 0.5) is 0 Å². The van der Waals surface area contributed by atoms with Gasteiger partial charge in [-0.25, -0.2) is 0 Å². The van der Waals surface area contributed by atoms with E-state index in [1.807, 2.05) is 0 Å². The second-order valence-electron chi connectivity index (χ2n) is 1.14. The summed E-state index contributed by atoms with van der Waals surface area (Å²) in [7, 11) is 0. The fourth-order valence-electron chi connectivity index (χ4n) is 0.204. The lowest BCUT2D eigenvalue weighted by atomic mass is 10.5. The number of unbranched alkanes of at least 4 members (excludes halogenated alkanes) is 1. The molecule has 2 N–H and O–H groups in total. The second-order valence-corrected chi connectivity index (χ2v) is 1.14. The maximum atomic E-state index is 5.14. The molecule has 0 spiro atoms. The fourth-order valence-corrected chi connectivity index (χ4v) is 0.204. The van der Waals surface area contributed by atoms with Crippen LogP contribution in [0.2, 0.25) is 0 Å².